The van der Waals surface area contributed by atoms with Crippen LogP contribution in [0.2, 0.25) is 0 Å². The molecular weight excluding hydrogens is 498 g/mol. The number of likely N-dealkylation sites (tertiary alicyclic amines) is 1. The number of rotatable bonds is 8. The molecule has 0 spiro atoms. The highest BCUT2D eigenvalue weighted by Gasteiger charge is 2.40. The molecule has 2 aromatic carbocycles. The number of hydrogen-bond donors (Lipinski definition) is 2. The Morgan fingerprint density at radius 3 is 2.51 bits per heavy atom. The molecule has 11 heteroatoms. The van der Waals surface area contributed by atoms with E-state index in [9.17, 15) is 23.5 Å². The van der Waals surface area contributed by atoms with Gasteiger partial charge in [-0.1, -0.05) is 29.0 Å². The minimum absolute atomic E-state index is 0.0313. The van der Waals surface area contributed by atoms with E-state index in [0.717, 1.165) is 38.9 Å². The van der Waals surface area contributed by atoms with Crippen LogP contribution in [0.4, 0.5) is 0 Å². The maximum Gasteiger partial charge on any atom is 0.420 e. The zero-order valence-electron chi connectivity index (χ0n) is 20.7. The number of hydrogen-bond acceptors (Lipinski definition) is 8. The molecule has 2 N–H and O–H groups in total. The van der Waals surface area contributed by atoms with Crippen LogP contribution in [0.25, 0.3) is 11.1 Å². The van der Waals surface area contributed by atoms with Gasteiger partial charge in [-0.25, -0.2) is 13.9 Å². The highest BCUT2D eigenvalue weighted by Crippen LogP contribution is 2.58. The lowest BCUT2D eigenvalue weighted by Gasteiger charge is -2.37. The normalized spacial score (nSPS) is 18.8. The predicted octanol–water partition coefficient (Wildman–Crippen LogP) is 4.37. The lowest BCUT2D eigenvalue weighted by molar-refractivity contribution is 0.0527. The fourth-order valence-electron chi connectivity index (χ4n) is 5.24. The Bertz CT molecular complexity index is 1370. The van der Waals surface area contributed by atoms with Crippen LogP contribution in [0.1, 0.15) is 59.4 Å². The summed E-state index contributed by atoms with van der Waals surface area (Å²) >= 11 is 0. The summed E-state index contributed by atoms with van der Waals surface area (Å²) < 4.78 is 34.6. The van der Waals surface area contributed by atoms with Crippen LogP contribution in [-0.2, 0) is 4.74 Å². The molecule has 0 bridgehead atoms. The summed E-state index contributed by atoms with van der Waals surface area (Å²) in [5.41, 5.74) is 1.48. The van der Waals surface area contributed by atoms with Gasteiger partial charge in [0.1, 0.15) is 5.56 Å². The fourth-order valence-corrected chi connectivity index (χ4v) is 6.91. The molecule has 0 aliphatic carbocycles. The molecule has 2 aliphatic heterocycles. The number of piperidine rings is 1. The number of nitrogens with zero attached hydrogens (tertiary/aromatic N) is 3. The van der Waals surface area contributed by atoms with E-state index in [4.69, 9.17) is 9.15 Å². The Kier molecular flexibility index (Phi) is 7.13. The number of fused-ring (bicyclic) bond motifs is 2. The minimum atomic E-state index is -3.27. The van der Waals surface area contributed by atoms with Gasteiger partial charge >= 0.3 is 11.7 Å². The largest absolute Gasteiger partial charge is 0.462 e. The number of unbranched alkanes of at least 4 members (excludes halogenated alkanes) is 1. The van der Waals surface area contributed by atoms with E-state index in [0.29, 0.717) is 22.4 Å². The van der Waals surface area contributed by atoms with E-state index in [1.807, 2.05) is 0 Å². The second kappa shape index (κ2) is 10.3. The van der Waals surface area contributed by atoms with Crippen LogP contribution in [-0.4, -0.2) is 67.5 Å². The summed E-state index contributed by atoms with van der Waals surface area (Å²) in [5, 5.41) is 0. The van der Waals surface area contributed by atoms with E-state index in [1.165, 1.54) is 4.31 Å². The highest BCUT2D eigenvalue weighted by molar-refractivity contribution is 8.23. The maximum absolute atomic E-state index is 12.7. The Balaban J connectivity index is 1.15. The van der Waals surface area contributed by atoms with Gasteiger partial charge in [-0.05, 0) is 63.4 Å². The Morgan fingerprint density at radius 2 is 1.78 bits per heavy atom. The minimum Gasteiger partial charge on any atom is -0.462 e. The van der Waals surface area contributed by atoms with E-state index in [2.05, 4.69) is 4.90 Å². The van der Waals surface area contributed by atoms with Crippen molar-refractivity contribution in [2.75, 3.05) is 32.8 Å². The Morgan fingerprint density at radius 1 is 1.05 bits per heavy atom. The molecule has 1 aromatic heterocycles. The van der Waals surface area contributed by atoms with Crippen LogP contribution in [0.15, 0.2) is 56.6 Å². The molecule has 1 amide bonds. The topological polar surface area (TPSA) is 125 Å². The first-order valence-electron chi connectivity index (χ1n) is 12.6. The number of oxazole rings is 1. The predicted molar refractivity (Wildman–Crippen MR) is 139 cm³/mol. The second-order valence-electron chi connectivity index (χ2n) is 9.31. The quantitative estimate of drug-likeness (QED) is 0.326. The zero-order chi connectivity index (χ0) is 26.2. The van der Waals surface area contributed by atoms with Crippen molar-refractivity contribution in [1.82, 2.24) is 13.8 Å². The molecule has 0 radical (unpaired) electrons. The first kappa shape index (κ1) is 25.5. The Labute approximate surface area is 215 Å². The molecule has 0 atom stereocenters. The molecule has 3 heterocycles. The molecule has 1 fully saturated rings. The van der Waals surface area contributed by atoms with Crippen molar-refractivity contribution in [2.45, 2.75) is 43.5 Å². The number of esters is 1. The summed E-state index contributed by atoms with van der Waals surface area (Å²) in [6, 6.07) is 11.7. The van der Waals surface area contributed by atoms with Gasteiger partial charge in [0.2, 0.25) is 0 Å². The van der Waals surface area contributed by atoms with Gasteiger partial charge in [0, 0.05) is 25.7 Å². The average Bonchev–Trinajstić information content (AvgIpc) is 3.33. The van der Waals surface area contributed by atoms with Gasteiger partial charge in [0.05, 0.1) is 22.6 Å². The maximum atomic E-state index is 12.7. The lowest BCUT2D eigenvalue weighted by Crippen LogP contribution is -2.37. The summed E-state index contributed by atoms with van der Waals surface area (Å²) in [6.07, 6.45) is 2.98. The standard InChI is InChI=1S/C26H31N3O7S/c1-2-35-25(31)20-9-7-10-21-23(20)36-26(32)29(21)18-12-16-27(17-13-18)14-5-6-15-28-24(30)19-8-3-4-11-22(19)37(28,33)34/h3-4,7-11,18,33-34H,2,5-6,12-17H2,1H3. The van der Waals surface area contributed by atoms with Gasteiger partial charge in [-0.15, -0.1) is 0 Å². The van der Waals surface area contributed by atoms with Crippen molar-refractivity contribution < 1.29 is 27.8 Å². The summed E-state index contributed by atoms with van der Waals surface area (Å²) in [6.45, 7) is 4.66. The molecule has 2 aliphatic rings. The molecule has 3 aromatic rings. The van der Waals surface area contributed by atoms with Gasteiger partial charge in [-0.3, -0.25) is 18.5 Å². The molecule has 37 heavy (non-hydrogen) atoms. The van der Waals surface area contributed by atoms with E-state index < -0.39 is 22.5 Å². The number of benzene rings is 2. The van der Waals surface area contributed by atoms with Crippen molar-refractivity contribution in [3.05, 3.63) is 64.1 Å². The third-order valence-corrected chi connectivity index (χ3v) is 9.00. The van der Waals surface area contributed by atoms with Crippen molar-refractivity contribution in [2.24, 2.45) is 0 Å². The number of ether oxygens (including phenoxy) is 1. The van der Waals surface area contributed by atoms with Crippen LogP contribution in [0.5, 0.6) is 0 Å². The smallest absolute Gasteiger partial charge is 0.420 e. The molecule has 5 rings (SSSR count). The van der Waals surface area contributed by atoms with Crippen LogP contribution in [0, 0.1) is 0 Å². The molecular formula is C26H31N3O7S. The van der Waals surface area contributed by atoms with Gasteiger partial charge in [-0.2, -0.15) is 0 Å². The van der Waals surface area contributed by atoms with Gasteiger partial charge < -0.3 is 14.1 Å². The van der Waals surface area contributed by atoms with Crippen LogP contribution >= 0.6 is 10.8 Å². The first-order chi connectivity index (χ1) is 17.8. The number of amides is 1. The molecule has 10 nitrogen and oxygen atoms in total. The third kappa shape index (κ3) is 4.68. The average molecular weight is 530 g/mol. The second-order valence-corrected chi connectivity index (χ2v) is 11.2. The summed E-state index contributed by atoms with van der Waals surface area (Å²) in [4.78, 5) is 40.2. The van der Waals surface area contributed by atoms with E-state index in [-0.39, 0.29) is 36.2 Å². The first-order valence-corrected chi connectivity index (χ1v) is 14.1. The summed E-state index contributed by atoms with van der Waals surface area (Å²) in [5.74, 6) is -1.31. The molecule has 198 valence electrons. The third-order valence-electron chi connectivity index (χ3n) is 7.09. The van der Waals surface area contributed by atoms with Crippen molar-refractivity contribution in [3.8, 4) is 0 Å². The Hall–Kier alpha value is -3.12. The van der Waals surface area contributed by atoms with Crippen molar-refractivity contribution >= 4 is 33.8 Å². The SMILES string of the molecule is CCOC(=O)c1cccc2c1oc(=O)n2C1CCN(CCCCN2C(=O)c3ccccc3S2(O)O)CC1. The molecule has 0 unspecified atom stereocenters. The van der Waals surface area contributed by atoms with Crippen LogP contribution < -0.4 is 5.76 Å². The number of para-hydroxylation sites is 1. The zero-order valence-corrected chi connectivity index (χ0v) is 21.5. The highest BCUT2D eigenvalue weighted by atomic mass is 32.3. The fraction of sp³-hybridized carbons (Fsp3) is 0.423. The number of carbonyl (C=O) groups excluding carboxylic acids is 2. The van der Waals surface area contributed by atoms with Gasteiger partial charge in [0.15, 0.2) is 5.58 Å². The molecule has 0 saturated carbocycles. The van der Waals surface area contributed by atoms with E-state index in [1.54, 1.807) is 54.0 Å². The lowest BCUT2D eigenvalue weighted by atomic mass is 10.0. The van der Waals surface area contributed by atoms with Crippen molar-refractivity contribution in [1.29, 1.82) is 0 Å². The van der Waals surface area contributed by atoms with E-state index >= 15 is 0 Å². The van der Waals surface area contributed by atoms with Crippen LogP contribution in [0.3, 0.4) is 0 Å². The monoisotopic (exact) mass is 529 g/mol. The number of aromatic nitrogens is 1. The number of carbonyl (C=O) groups is 2. The summed E-state index contributed by atoms with van der Waals surface area (Å²) in [7, 11) is -3.27. The van der Waals surface area contributed by atoms with Crippen molar-refractivity contribution in [3.63, 3.8) is 0 Å². The molecule has 1 saturated heterocycles. The van der Waals surface area contributed by atoms with Gasteiger partial charge in [0.25, 0.3) is 5.91 Å².